The van der Waals surface area contributed by atoms with Crippen LogP contribution >= 0.6 is 23.2 Å². The number of fused-ring (bicyclic) bond motifs is 1. The first kappa shape index (κ1) is 27.8. The van der Waals surface area contributed by atoms with Gasteiger partial charge in [0.15, 0.2) is 9.84 Å². The van der Waals surface area contributed by atoms with E-state index in [1.807, 2.05) is 7.05 Å². The molecule has 11 heteroatoms. The molecule has 1 heterocycles. The highest BCUT2D eigenvalue weighted by atomic mass is 35.5. The number of rotatable bonds is 6. The molecular weight excluding hydrogens is 503 g/mol. The maximum atomic E-state index is 12.9. The third kappa shape index (κ3) is 7.02. The van der Waals surface area contributed by atoms with Crippen LogP contribution in [0.25, 0.3) is 0 Å². The van der Waals surface area contributed by atoms with Crippen molar-refractivity contribution in [3.8, 4) is 0 Å². The fraction of sp³-hybridized carbons (Fsp3) is 0.348. The van der Waals surface area contributed by atoms with E-state index in [0.29, 0.717) is 18.5 Å². The van der Waals surface area contributed by atoms with Crippen LogP contribution in [-0.2, 0) is 38.8 Å². The van der Waals surface area contributed by atoms with Crippen molar-refractivity contribution in [2.45, 2.75) is 37.2 Å². The van der Waals surface area contributed by atoms with Gasteiger partial charge in [-0.15, -0.1) is 0 Å². The first-order valence-electron chi connectivity index (χ1n) is 10.3. The van der Waals surface area contributed by atoms with Gasteiger partial charge in [0.25, 0.3) is 5.91 Å². The van der Waals surface area contributed by atoms with Gasteiger partial charge < -0.3 is 20.1 Å². The number of likely N-dealkylation sites (N-methyl/N-ethyl adjacent to an activating group) is 1. The summed E-state index contributed by atoms with van der Waals surface area (Å²) in [5.41, 5.74) is 2.28. The van der Waals surface area contributed by atoms with E-state index in [2.05, 4.69) is 10.2 Å². The molecule has 0 aromatic heterocycles. The predicted molar refractivity (Wildman–Crippen MR) is 130 cm³/mol. The summed E-state index contributed by atoms with van der Waals surface area (Å²) in [5.74, 6) is -1.95. The lowest BCUT2D eigenvalue weighted by Gasteiger charge is -2.27. The number of hydrogen-bond acceptors (Lipinski definition) is 6. The molecule has 2 aromatic carbocycles. The minimum atomic E-state index is -3.44. The standard InChI is InChI=1S/C21H22Cl2N2O5S.C2H4O/c1-25-7-6-15-13(11-25)10-16(22)18(19(15)23)20(26)24-17(21(27)28)9-12-4-3-5-14(8-12)31(2,29)30;1-2-3/h3-5,8,10,17H,6-7,9,11H2,1-2H3,(H,24,26)(H,27,28);2H,1H3. The molecule has 1 atom stereocenters. The third-order valence-corrected chi connectivity index (χ3v) is 7.02. The lowest BCUT2D eigenvalue weighted by atomic mass is 9.96. The SMILES string of the molecule is CC=O.CN1CCc2c(cc(Cl)c(C(=O)NC(Cc3cccc(S(C)(=O)=O)c3)C(=O)O)c2Cl)C1. The Morgan fingerprint density at radius 3 is 2.50 bits per heavy atom. The number of benzene rings is 2. The summed E-state index contributed by atoms with van der Waals surface area (Å²) in [4.78, 5) is 35.7. The number of carbonyl (C=O) groups excluding carboxylic acids is 2. The Balaban J connectivity index is 0.00000129. The fourth-order valence-corrected chi connectivity index (χ4v) is 5.03. The second kappa shape index (κ2) is 11.8. The number of aldehydes is 1. The average molecular weight is 529 g/mol. The Morgan fingerprint density at radius 2 is 1.91 bits per heavy atom. The maximum absolute atomic E-state index is 12.9. The van der Waals surface area contributed by atoms with Gasteiger partial charge in [0.1, 0.15) is 12.3 Å². The van der Waals surface area contributed by atoms with Crippen molar-refractivity contribution in [3.05, 3.63) is 62.6 Å². The fourth-order valence-electron chi connectivity index (χ4n) is 3.57. The molecule has 34 heavy (non-hydrogen) atoms. The Hall–Kier alpha value is -2.46. The van der Waals surface area contributed by atoms with Crippen molar-refractivity contribution in [2.24, 2.45) is 0 Å². The number of nitrogens with one attached hydrogen (secondary N) is 1. The van der Waals surface area contributed by atoms with E-state index in [4.69, 9.17) is 28.0 Å². The van der Waals surface area contributed by atoms with Crippen molar-refractivity contribution < 1.29 is 27.9 Å². The number of sulfone groups is 1. The van der Waals surface area contributed by atoms with Crippen molar-refractivity contribution in [1.29, 1.82) is 0 Å². The number of carboxylic acids is 1. The quantitative estimate of drug-likeness (QED) is 0.552. The number of aliphatic carboxylic acids is 1. The molecule has 184 valence electrons. The second-order valence-electron chi connectivity index (χ2n) is 7.90. The van der Waals surface area contributed by atoms with Gasteiger partial charge in [0, 0.05) is 25.8 Å². The highest BCUT2D eigenvalue weighted by Crippen LogP contribution is 2.34. The molecular formula is C23H26Cl2N2O6S. The van der Waals surface area contributed by atoms with Crippen LogP contribution in [0.4, 0.5) is 0 Å². The Labute approximate surface area is 208 Å². The monoisotopic (exact) mass is 528 g/mol. The number of carbonyl (C=O) groups is 3. The van der Waals surface area contributed by atoms with E-state index in [0.717, 1.165) is 30.2 Å². The maximum Gasteiger partial charge on any atom is 0.326 e. The highest BCUT2D eigenvalue weighted by molar-refractivity contribution is 7.90. The molecule has 3 rings (SSSR count). The molecule has 0 saturated heterocycles. The second-order valence-corrected chi connectivity index (χ2v) is 10.7. The van der Waals surface area contributed by atoms with Crippen LogP contribution in [0.15, 0.2) is 35.2 Å². The molecule has 0 fully saturated rings. The van der Waals surface area contributed by atoms with Gasteiger partial charge >= 0.3 is 5.97 Å². The van der Waals surface area contributed by atoms with E-state index in [1.54, 1.807) is 12.1 Å². The minimum absolute atomic E-state index is 0.0442. The molecule has 0 spiro atoms. The highest BCUT2D eigenvalue weighted by Gasteiger charge is 2.27. The van der Waals surface area contributed by atoms with E-state index >= 15 is 0 Å². The van der Waals surface area contributed by atoms with Gasteiger partial charge in [0.05, 0.1) is 20.5 Å². The van der Waals surface area contributed by atoms with E-state index in [1.165, 1.54) is 25.1 Å². The summed E-state index contributed by atoms with van der Waals surface area (Å²) in [7, 11) is -1.47. The van der Waals surface area contributed by atoms with Crippen molar-refractivity contribution in [3.63, 3.8) is 0 Å². The van der Waals surface area contributed by atoms with Crippen LogP contribution in [0.1, 0.15) is 34.0 Å². The topological polar surface area (TPSA) is 121 Å². The first-order chi connectivity index (χ1) is 15.9. The average Bonchev–Trinajstić information content (AvgIpc) is 2.73. The zero-order valence-corrected chi connectivity index (χ0v) is 21.3. The van der Waals surface area contributed by atoms with Crippen LogP contribution in [0.5, 0.6) is 0 Å². The van der Waals surface area contributed by atoms with Crippen LogP contribution in [0.3, 0.4) is 0 Å². The summed E-state index contributed by atoms with van der Waals surface area (Å²) < 4.78 is 23.5. The summed E-state index contributed by atoms with van der Waals surface area (Å²) in [6.07, 6.45) is 2.37. The molecule has 1 unspecified atom stereocenters. The minimum Gasteiger partial charge on any atom is -0.480 e. The van der Waals surface area contributed by atoms with Gasteiger partial charge in [0.2, 0.25) is 0 Å². The van der Waals surface area contributed by atoms with Crippen molar-refractivity contribution >= 4 is 51.2 Å². The molecule has 0 saturated carbocycles. The van der Waals surface area contributed by atoms with E-state index in [-0.39, 0.29) is 26.9 Å². The number of nitrogens with zero attached hydrogens (tertiary/aromatic N) is 1. The first-order valence-corrected chi connectivity index (χ1v) is 12.9. The van der Waals surface area contributed by atoms with Crippen LogP contribution in [0, 0.1) is 0 Å². The summed E-state index contributed by atoms with van der Waals surface area (Å²) in [6.45, 7) is 2.88. The lowest BCUT2D eigenvalue weighted by Crippen LogP contribution is -2.42. The summed E-state index contributed by atoms with van der Waals surface area (Å²) in [6, 6.07) is 6.35. The molecule has 0 radical (unpaired) electrons. The van der Waals surface area contributed by atoms with Crippen LogP contribution < -0.4 is 5.32 Å². The summed E-state index contributed by atoms with van der Waals surface area (Å²) in [5, 5.41) is 12.5. The zero-order chi connectivity index (χ0) is 25.6. The van der Waals surface area contributed by atoms with Gasteiger partial charge in [-0.05, 0) is 55.3 Å². The van der Waals surface area contributed by atoms with E-state index < -0.39 is 27.8 Å². The lowest BCUT2D eigenvalue weighted by molar-refractivity contribution is -0.139. The predicted octanol–water partition coefficient (Wildman–Crippen LogP) is 3.02. The molecule has 1 aliphatic rings. The van der Waals surface area contributed by atoms with Crippen LogP contribution in [0.2, 0.25) is 10.0 Å². The summed E-state index contributed by atoms with van der Waals surface area (Å²) >= 11 is 12.8. The molecule has 1 aliphatic heterocycles. The molecule has 0 aliphatic carbocycles. The van der Waals surface area contributed by atoms with Gasteiger partial charge in [-0.1, -0.05) is 35.3 Å². The molecule has 0 bridgehead atoms. The number of halogens is 2. The third-order valence-electron chi connectivity index (χ3n) is 5.19. The Bertz CT molecular complexity index is 1200. The number of hydrogen-bond donors (Lipinski definition) is 2. The zero-order valence-electron chi connectivity index (χ0n) is 19.0. The smallest absolute Gasteiger partial charge is 0.326 e. The molecule has 1 amide bonds. The number of carboxylic acid groups (broad SMARTS) is 1. The van der Waals surface area contributed by atoms with Crippen molar-refractivity contribution in [2.75, 3.05) is 19.8 Å². The number of amides is 1. The van der Waals surface area contributed by atoms with Gasteiger partial charge in [-0.25, -0.2) is 13.2 Å². The van der Waals surface area contributed by atoms with Crippen molar-refractivity contribution in [1.82, 2.24) is 10.2 Å². The molecule has 8 nitrogen and oxygen atoms in total. The molecule has 2 N–H and O–H groups in total. The van der Waals surface area contributed by atoms with E-state index in [9.17, 15) is 23.1 Å². The van der Waals surface area contributed by atoms with Gasteiger partial charge in [-0.2, -0.15) is 0 Å². The van der Waals surface area contributed by atoms with Crippen LogP contribution in [-0.4, -0.2) is 62.5 Å². The Morgan fingerprint density at radius 1 is 1.26 bits per heavy atom. The van der Waals surface area contributed by atoms with Gasteiger partial charge in [-0.3, -0.25) is 4.79 Å². The largest absolute Gasteiger partial charge is 0.480 e. The normalized spacial score (nSPS) is 14.3. The Kier molecular flexibility index (Phi) is 9.64. The molecule has 2 aromatic rings.